The minimum absolute atomic E-state index is 0.206. The molecular formula is C10H13NO5. The molecule has 88 valence electrons. The Kier molecular flexibility index (Phi) is 3.70. The topological polar surface area (TPSA) is 110 Å². The molecule has 0 spiro atoms. The van der Waals surface area contributed by atoms with E-state index in [9.17, 15) is 15.0 Å². The van der Waals surface area contributed by atoms with Crippen molar-refractivity contribution in [2.75, 3.05) is 7.05 Å². The molecule has 0 bridgehead atoms. The number of carbonyl (C=O) groups is 1. The molecule has 0 aliphatic rings. The van der Waals surface area contributed by atoms with Crippen molar-refractivity contribution in [2.24, 2.45) is 0 Å². The van der Waals surface area contributed by atoms with E-state index >= 15 is 0 Å². The fraction of sp³-hybridized carbons (Fsp3) is 0.300. The number of aliphatic hydroxyl groups is 1. The van der Waals surface area contributed by atoms with Crippen LogP contribution in [-0.4, -0.2) is 39.5 Å². The SMILES string of the molecule is CN[C@H](C(=O)O)[C@@H](O)c1ccc(O)c(O)c1. The predicted octanol–water partition coefficient (Wildman–Crippen LogP) is -0.196. The van der Waals surface area contributed by atoms with Crippen LogP contribution < -0.4 is 5.32 Å². The minimum atomic E-state index is -1.31. The fourth-order valence-corrected chi connectivity index (χ4v) is 1.33. The van der Waals surface area contributed by atoms with Gasteiger partial charge in [-0.05, 0) is 24.7 Å². The Hall–Kier alpha value is -1.79. The van der Waals surface area contributed by atoms with E-state index in [0.29, 0.717) is 0 Å². The van der Waals surface area contributed by atoms with E-state index in [1.165, 1.54) is 19.2 Å². The molecule has 2 atom stereocenters. The summed E-state index contributed by atoms with van der Waals surface area (Å²) in [5, 5.41) is 39.2. The van der Waals surface area contributed by atoms with E-state index in [1.807, 2.05) is 0 Å². The number of aromatic hydroxyl groups is 2. The number of hydrogen-bond donors (Lipinski definition) is 5. The van der Waals surface area contributed by atoms with Gasteiger partial charge in [0.2, 0.25) is 0 Å². The number of phenols is 2. The zero-order valence-electron chi connectivity index (χ0n) is 8.58. The van der Waals surface area contributed by atoms with Crippen molar-refractivity contribution in [3.05, 3.63) is 23.8 Å². The second kappa shape index (κ2) is 4.82. The summed E-state index contributed by atoms with van der Waals surface area (Å²) >= 11 is 0. The predicted molar refractivity (Wildman–Crippen MR) is 55.2 cm³/mol. The molecule has 6 heteroatoms. The number of aliphatic carboxylic acids is 1. The Morgan fingerprint density at radius 3 is 2.38 bits per heavy atom. The minimum Gasteiger partial charge on any atom is -0.504 e. The molecule has 0 heterocycles. The van der Waals surface area contributed by atoms with Crippen LogP contribution >= 0.6 is 0 Å². The first-order valence-corrected chi connectivity index (χ1v) is 4.57. The molecule has 0 saturated heterocycles. The fourth-order valence-electron chi connectivity index (χ4n) is 1.33. The summed E-state index contributed by atoms with van der Waals surface area (Å²) in [6.45, 7) is 0. The quantitative estimate of drug-likeness (QED) is 0.456. The van der Waals surface area contributed by atoms with Crippen LogP contribution in [0.4, 0.5) is 0 Å². The van der Waals surface area contributed by atoms with E-state index in [-0.39, 0.29) is 11.3 Å². The van der Waals surface area contributed by atoms with Gasteiger partial charge in [-0.2, -0.15) is 0 Å². The van der Waals surface area contributed by atoms with Crippen LogP contribution in [0.2, 0.25) is 0 Å². The van der Waals surface area contributed by atoms with Gasteiger partial charge in [0.05, 0.1) is 0 Å². The maximum atomic E-state index is 10.8. The van der Waals surface area contributed by atoms with Crippen LogP contribution in [0.25, 0.3) is 0 Å². The molecule has 0 unspecified atom stereocenters. The zero-order chi connectivity index (χ0) is 12.3. The third-order valence-corrected chi connectivity index (χ3v) is 2.23. The van der Waals surface area contributed by atoms with Crippen LogP contribution in [0.3, 0.4) is 0 Å². The van der Waals surface area contributed by atoms with Gasteiger partial charge in [0.1, 0.15) is 12.1 Å². The van der Waals surface area contributed by atoms with Crippen LogP contribution in [-0.2, 0) is 4.79 Å². The molecule has 0 radical (unpaired) electrons. The smallest absolute Gasteiger partial charge is 0.323 e. The number of benzene rings is 1. The lowest BCUT2D eigenvalue weighted by molar-refractivity contribution is -0.142. The number of carboxylic acid groups (broad SMARTS) is 1. The van der Waals surface area contributed by atoms with E-state index in [0.717, 1.165) is 6.07 Å². The van der Waals surface area contributed by atoms with E-state index < -0.39 is 23.9 Å². The van der Waals surface area contributed by atoms with Crippen molar-refractivity contribution in [1.82, 2.24) is 5.32 Å². The summed E-state index contributed by atoms with van der Waals surface area (Å²) in [7, 11) is 1.41. The lowest BCUT2D eigenvalue weighted by atomic mass is 10.0. The maximum Gasteiger partial charge on any atom is 0.323 e. The Morgan fingerprint density at radius 1 is 1.31 bits per heavy atom. The van der Waals surface area contributed by atoms with Crippen molar-refractivity contribution < 1.29 is 25.2 Å². The molecule has 0 aliphatic carbocycles. The summed E-state index contributed by atoms with van der Waals surface area (Å²) in [6, 6.07) is 2.46. The number of likely N-dealkylation sites (N-methyl/N-ethyl adjacent to an activating group) is 1. The summed E-state index contributed by atoms with van der Waals surface area (Å²) in [6.07, 6.45) is -1.31. The zero-order valence-corrected chi connectivity index (χ0v) is 8.58. The Morgan fingerprint density at radius 2 is 1.94 bits per heavy atom. The Bertz CT molecular complexity index is 393. The largest absolute Gasteiger partial charge is 0.504 e. The van der Waals surface area contributed by atoms with Crippen molar-refractivity contribution >= 4 is 5.97 Å². The van der Waals surface area contributed by atoms with Crippen molar-refractivity contribution in [3.63, 3.8) is 0 Å². The van der Waals surface area contributed by atoms with Gasteiger partial charge in [0, 0.05) is 0 Å². The van der Waals surface area contributed by atoms with Gasteiger partial charge in [-0.3, -0.25) is 4.79 Å². The molecule has 1 aromatic rings. The van der Waals surface area contributed by atoms with E-state index in [4.69, 9.17) is 10.2 Å². The van der Waals surface area contributed by atoms with Crippen LogP contribution in [0.1, 0.15) is 11.7 Å². The summed E-state index contributed by atoms with van der Waals surface area (Å²) in [4.78, 5) is 10.8. The molecule has 0 aliphatic heterocycles. The van der Waals surface area contributed by atoms with Gasteiger partial charge in [0.25, 0.3) is 0 Å². The number of nitrogens with one attached hydrogen (secondary N) is 1. The lowest BCUT2D eigenvalue weighted by Gasteiger charge is -2.18. The normalized spacial score (nSPS) is 14.4. The Labute approximate surface area is 91.8 Å². The number of rotatable bonds is 4. The molecule has 1 aromatic carbocycles. The summed E-state index contributed by atoms with van der Waals surface area (Å²) in [5.74, 6) is -1.94. The van der Waals surface area contributed by atoms with Gasteiger partial charge in [-0.1, -0.05) is 6.07 Å². The van der Waals surface area contributed by atoms with Gasteiger partial charge < -0.3 is 25.7 Å². The monoisotopic (exact) mass is 227 g/mol. The average molecular weight is 227 g/mol. The van der Waals surface area contributed by atoms with Gasteiger partial charge in [-0.25, -0.2) is 0 Å². The molecule has 0 fully saturated rings. The third-order valence-electron chi connectivity index (χ3n) is 2.23. The van der Waals surface area contributed by atoms with Crippen molar-refractivity contribution in [1.29, 1.82) is 0 Å². The van der Waals surface area contributed by atoms with Gasteiger partial charge in [0.15, 0.2) is 11.5 Å². The first-order valence-electron chi connectivity index (χ1n) is 4.57. The van der Waals surface area contributed by atoms with Gasteiger partial charge in [-0.15, -0.1) is 0 Å². The van der Waals surface area contributed by atoms with E-state index in [2.05, 4.69) is 5.32 Å². The van der Waals surface area contributed by atoms with Crippen LogP contribution in [0.15, 0.2) is 18.2 Å². The molecule has 0 amide bonds. The van der Waals surface area contributed by atoms with Crippen molar-refractivity contribution in [2.45, 2.75) is 12.1 Å². The molecule has 16 heavy (non-hydrogen) atoms. The molecule has 6 nitrogen and oxygen atoms in total. The third kappa shape index (κ3) is 2.41. The number of aliphatic hydroxyl groups excluding tert-OH is 1. The lowest BCUT2D eigenvalue weighted by Crippen LogP contribution is -2.39. The van der Waals surface area contributed by atoms with Crippen LogP contribution in [0.5, 0.6) is 11.5 Å². The van der Waals surface area contributed by atoms with Crippen molar-refractivity contribution in [3.8, 4) is 11.5 Å². The second-order valence-electron chi connectivity index (χ2n) is 3.30. The van der Waals surface area contributed by atoms with Gasteiger partial charge >= 0.3 is 5.97 Å². The summed E-state index contributed by atoms with van der Waals surface area (Å²) < 4.78 is 0. The first-order chi connectivity index (χ1) is 7.47. The highest BCUT2D eigenvalue weighted by molar-refractivity contribution is 5.74. The molecule has 0 aromatic heterocycles. The highest BCUT2D eigenvalue weighted by Gasteiger charge is 2.26. The Balaban J connectivity index is 2.99. The number of hydrogen-bond acceptors (Lipinski definition) is 5. The van der Waals surface area contributed by atoms with Crippen LogP contribution in [0, 0.1) is 0 Å². The highest BCUT2D eigenvalue weighted by atomic mass is 16.4. The maximum absolute atomic E-state index is 10.8. The molecule has 1 rings (SSSR count). The second-order valence-corrected chi connectivity index (χ2v) is 3.30. The highest BCUT2D eigenvalue weighted by Crippen LogP contribution is 2.28. The standard InChI is InChI=1S/C10H13NO5/c1-11-8(10(15)16)9(14)5-2-3-6(12)7(13)4-5/h2-4,8-9,11-14H,1H3,(H,15,16)/t8-,9-/m0/s1. The summed E-state index contributed by atoms with van der Waals surface area (Å²) in [5.41, 5.74) is 0.206. The molecule has 0 saturated carbocycles. The number of phenolic OH excluding ortho intramolecular Hbond substituents is 2. The first kappa shape index (κ1) is 12.3. The number of carboxylic acids is 1. The van der Waals surface area contributed by atoms with E-state index in [1.54, 1.807) is 0 Å². The molecular weight excluding hydrogens is 214 g/mol. The average Bonchev–Trinajstić information content (AvgIpc) is 2.22. The molecule has 5 N–H and O–H groups in total.